The molecule has 0 spiro atoms. The average Bonchev–Trinajstić information content (AvgIpc) is 2.97. The summed E-state index contributed by atoms with van der Waals surface area (Å²) in [7, 11) is -3.70. The van der Waals surface area contributed by atoms with Gasteiger partial charge in [-0.2, -0.15) is 4.98 Å². The predicted octanol–water partition coefficient (Wildman–Crippen LogP) is 3.05. The van der Waals surface area contributed by atoms with Gasteiger partial charge in [0, 0.05) is 41.5 Å². The molecule has 0 aliphatic carbocycles. The smallest absolute Gasteiger partial charge is 0.228 e. The molecular formula is C19H18ClN5O2S-2. The lowest BCUT2D eigenvalue weighted by atomic mass is 10.2. The molecule has 1 saturated heterocycles. The lowest BCUT2D eigenvalue weighted by Gasteiger charge is -2.62. The molecule has 0 amide bonds. The van der Waals surface area contributed by atoms with Crippen LogP contribution in [0.2, 0.25) is 5.02 Å². The first-order valence-electron chi connectivity index (χ1n) is 9.08. The molecule has 0 atom stereocenters. The molecule has 1 fully saturated rings. The fourth-order valence-electron chi connectivity index (χ4n) is 3.71. The van der Waals surface area contributed by atoms with Crippen LogP contribution in [0.1, 0.15) is 5.56 Å². The monoisotopic (exact) mass is 415 g/mol. The van der Waals surface area contributed by atoms with E-state index in [9.17, 15) is 9.11 Å². The zero-order valence-electron chi connectivity index (χ0n) is 15.0. The standard InChI is InChI=1S/C19H20ClN5O2S/c20-14-5-6-17-13(11-14)12-25(28(17,26)27)18-15-3-1-2-4-16(15)22-19(23-18)24-9-7-21-8-10-24/h1-6,11,21,26-27H,7-10,12H2/p-2. The van der Waals surface area contributed by atoms with Gasteiger partial charge in [0.05, 0.1) is 12.1 Å². The van der Waals surface area contributed by atoms with Gasteiger partial charge in [-0.3, -0.25) is 0 Å². The van der Waals surface area contributed by atoms with E-state index in [1.165, 1.54) is 4.31 Å². The van der Waals surface area contributed by atoms with Crippen molar-refractivity contribution < 1.29 is 9.11 Å². The highest BCUT2D eigenvalue weighted by molar-refractivity contribution is 8.25. The van der Waals surface area contributed by atoms with Crippen LogP contribution in [0.3, 0.4) is 0 Å². The van der Waals surface area contributed by atoms with Crippen LogP contribution in [0.5, 0.6) is 0 Å². The van der Waals surface area contributed by atoms with Crippen molar-refractivity contribution in [3.8, 4) is 0 Å². The van der Waals surface area contributed by atoms with E-state index in [0.29, 0.717) is 27.7 Å². The van der Waals surface area contributed by atoms with Gasteiger partial charge < -0.3 is 34.4 Å². The number of benzene rings is 2. The van der Waals surface area contributed by atoms with Crippen LogP contribution in [-0.2, 0) is 6.54 Å². The molecule has 2 aliphatic rings. The molecule has 0 unspecified atom stereocenters. The molecule has 1 N–H and O–H groups in total. The average molecular weight is 416 g/mol. The Morgan fingerprint density at radius 2 is 1.82 bits per heavy atom. The predicted molar refractivity (Wildman–Crippen MR) is 110 cm³/mol. The summed E-state index contributed by atoms with van der Waals surface area (Å²) in [4.78, 5) is 11.8. The molecule has 0 saturated carbocycles. The number of halogens is 1. The van der Waals surface area contributed by atoms with Gasteiger partial charge in [-0.15, -0.1) is 0 Å². The summed E-state index contributed by atoms with van der Waals surface area (Å²) in [5.41, 5.74) is 1.41. The first-order valence-corrected chi connectivity index (χ1v) is 10.9. The zero-order valence-corrected chi connectivity index (χ0v) is 16.5. The summed E-state index contributed by atoms with van der Waals surface area (Å²) in [5.74, 6) is 0.964. The molecular weight excluding hydrogens is 398 g/mol. The molecule has 146 valence electrons. The largest absolute Gasteiger partial charge is 0.779 e. The number of hydrogen-bond acceptors (Lipinski definition) is 7. The zero-order chi connectivity index (χ0) is 19.3. The summed E-state index contributed by atoms with van der Waals surface area (Å²) in [6.45, 7) is 3.45. The number of anilines is 2. The Morgan fingerprint density at radius 1 is 1.04 bits per heavy atom. The van der Waals surface area contributed by atoms with E-state index >= 15 is 0 Å². The number of aromatic nitrogens is 2. The SMILES string of the molecule is [O-]S1([O-])c2ccc(Cl)cc2CN1c1nc(N2CCNCC2)nc2ccccc12. The minimum atomic E-state index is -3.70. The maximum absolute atomic E-state index is 13.2. The van der Waals surface area contributed by atoms with E-state index in [4.69, 9.17) is 16.6 Å². The van der Waals surface area contributed by atoms with E-state index in [2.05, 4.69) is 15.2 Å². The lowest BCUT2D eigenvalue weighted by Crippen LogP contribution is -2.44. The molecule has 0 radical (unpaired) electrons. The van der Waals surface area contributed by atoms with Crippen molar-refractivity contribution in [1.29, 1.82) is 0 Å². The molecule has 7 nitrogen and oxygen atoms in total. The van der Waals surface area contributed by atoms with Crippen molar-refractivity contribution in [1.82, 2.24) is 15.3 Å². The summed E-state index contributed by atoms with van der Waals surface area (Å²) < 4.78 is 27.8. The van der Waals surface area contributed by atoms with Gasteiger partial charge in [-0.25, -0.2) is 4.98 Å². The van der Waals surface area contributed by atoms with E-state index in [-0.39, 0.29) is 11.4 Å². The molecule has 28 heavy (non-hydrogen) atoms. The van der Waals surface area contributed by atoms with Crippen LogP contribution >= 0.6 is 22.4 Å². The molecule has 0 bridgehead atoms. The first kappa shape index (κ1) is 18.0. The van der Waals surface area contributed by atoms with Gasteiger partial charge in [-0.1, -0.05) is 23.7 Å². The normalized spacial score (nSPS) is 19.7. The number of rotatable bonds is 2. The van der Waals surface area contributed by atoms with Gasteiger partial charge in [0.1, 0.15) is 0 Å². The van der Waals surface area contributed by atoms with Gasteiger partial charge in [-0.05, 0) is 35.9 Å². The van der Waals surface area contributed by atoms with Crippen molar-refractivity contribution in [3.05, 3.63) is 53.1 Å². The van der Waals surface area contributed by atoms with Crippen LogP contribution in [0, 0.1) is 0 Å². The number of para-hydroxylation sites is 1. The molecule has 9 heteroatoms. The molecule has 5 rings (SSSR count). The number of nitrogens with one attached hydrogen (secondary N) is 1. The van der Waals surface area contributed by atoms with Gasteiger partial charge in [0.2, 0.25) is 5.95 Å². The third-order valence-electron chi connectivity index (χ3n) is 5.11. The second-order valence-electron chi connectivity index (χ2n) is 6.87. The van der Waals surface area contributed by atoms with Crippen LogP contribution < -0.4 is 14.5 Å². The van der Waals surface area contributed by atoms with Crippen LogP contribution in [0.15, 0.2) is 47.4 Å². The third-order valence-corrected chi connectivity index (χ3v) is 7.18. The molecule has 3 heterocycles. The fraction of sp³-hybridized carbons (Fsp3) is 0.263. The number of nitrogens with zero attached hydrogens (tertiary/aromatic N) is 4. The molecule has 1 aromatic heterocycles. The van der Waals surface area contributed by atoms with Gasteiger partial charge in [0.15, 0.2) is 5.82 Å². The van der Waals surface area contributed by atoms with E-state index in [0.717, 1.165) is 31.7 Å². The lowest BCUT2D eigenvalue weighted by molar-refractivity contribution is 0.445. The number of hydrogen-bond donors (Lipinski definition) is 1. The van der Waals surface area contributed by atoms with E-state index in [1.807, 2.05) is 24.3 Å². The Balaban J connectivity index is 1.66. The summed E-state index contributed by atoms with van der Waals surface area (Å²) in [6, 6.07) is 12.4. The van der Waals surface area contributed by atoms with Crippen molar-refractivity contribution in [2.75, 3.05) is 35.4 Å². The van der Waals surface area contributed by atoms with Gasteiger partial charge in [0.25, 0.3) is 0 Å². The van der Waals surface area contributed by atoms with Crippen molar-refractivity contribution >= 4 is 45.0 Å². The molecule has 3 aromatic rings. The number of sulfonamides is 1. The molecule has 2 aliphatic heterocycles. The van der Waals surface area contributed by atoms with Crippen molar-refractivity contribution in [2.45, 2.75) is 11.4 Å². The Hall–Kier alpha value is -2.10. The third kappa shape index (κ3) is 2.89. The summed E-state index contributed by atoms with van der Waals surface area (Å²) in [5, 5.41) is 4.54. The highest BCUT2D eigenvalue weighted by Gasteiger charge is 2.27. The minimum absolute atomic E-state index is 0.209. The second kappa shape index (κ2) is 6.75. The fourth-order valence-corrected chi connectivity index (χ4v) is 5.52. The topological polar surface area (TPSA) is 90.4 Å². The van der Waals surface area contributed by atoms with Crippen molar-refractivity contribution in [3.63, 3.8) is 0 Å². The van der Waals surface area contributed by atoms with Crippen LogP contribution in [0.25, 0.3) is 10.9 Å². The van der Waals surface area contributed by atoms with Gasteiger partial charge >= 0.3 is 0 Å². The Morgan fingerprint density at radius 3 is 2.64 bits per heavy atom. The summed E-state index contributed by atoms with van der Waals surface area (Å²) in [6.07, 6.45) is 0. The number of fused-ring (bicyclic) bond motifs is 2. The van der Waals surface area contributed by atoms with Crippen LogP contribution in [0.4, 0.5) is 11.8 Å². The minimum Gasteiger partial charge on any atom is -0.779 e. The maximum Gasteiger partial charge on any atom is 0.228 e. The van der Waals surface area contributed by atoms with Crippen molar-refractivity contribution in [2.24, 2.45) is 0 Å². The second-order valence-corrected chi connectivity index (χ2v) is 9.13. The maximum atomic E-state index is 13.2. The Labute approximate surface area is 169 Å². The first-order chi connectivity index (χ1) is 13.5. The Kier molecular flexibility index (Phi) is 4.33. The van der Waals surface area contributed by atoms with E-state index < -0.39 is 10.8 Å². The molecule has 2 aromatic carbocycles. The van der Waals surface area contributed by atoms with E-state index in [1.54, 1.807) is 18.2 Å². The highest BCUT2D eigenvalue weighted by atomic mass is 35.5. The summed E-state index contributed by atoms with van der Waals surface area (Å²) >= 11 is 6.08. The van der Waals surface area contributed by atoms with Crippen LogP contribution in [-0.4, -0.2) is 45.3 Å². The quantitative estimate of drug-likeness (QED) is 0.687. The number of piperazine rings is 1. The Bertz CT molecular complexity index is 1060. The highest BCUT2D eigenvalue weighted by Crippen LogP contribution is 2.60.